The number of furan rings is 1. The highest BCUT2D eigenvalue weighted by Crippen LogP contribution is 2.41. The molecule has 5 aromatic carbocycles. The van der Waals surface area contributed by atoms with Gasteiger partial charge in [0.05, 0.1) is 22.1 Å². The molecule has 0 saturated carbocycles. The molecule has 5 nitrogen and oxygen atoms in total. The standard InChI is InChI=1S/C35H20N4O/c36-21-27-32(22-11-3-1-4-12-22)37-34(23-13-5-2-6-14-23)38-35(27)39-28-17-9-7-16-26(28)31-29(39)20-19-25-24-15-8-10-18-30(24)40-33(25)31/h1-20H. The molecule has 0 N–H and O–H groups in total. The van der Waals surface area contributed by atoms with Crippen LogP contribution in [0.4, 0.5) is 0 Å². The molecule has 0 amide bonds. The molecule has 40 heavy (non-hydrogen) atoms. The van der Waals surface area contributed by atoms with Gasteiger partial charge in [-0.15, -0.1) is 0 Å². The van der Waals surface area contributed by atoms with Crippen LogP contribution in [-0.2, 0) is 0 Å². The molecule has 3 aromatic heterocycles. The molecular weight excluding hydrogens is 492 g/mol. The quantitative estimate of drug-likeness (QED) is 0.237. The van der Waals surface area contributed by atoms with Gasteiger partial charge < -0.3 is 4.42 Å². The summed E-state index contributed by atoms with van der Waals surface area (Å²) in [4.78, 5) is 9.99. The molecular formula is C35H20N4O. The summed E-state index contributed by atoms with van der Waals surface area (Å²) in [6, 6.07) is 42.7. The molecule has 8 aromatic rings. The first kappa shape index (κ1) is 22.3. The van der Waals surface area contributed by atoms with Crippen LogP contribution in [0.3, 0.4) is 0 Å². The molecule has 5 heteroatoms. The van der Waals surface area contributed by atoms with E-state index in [2.05, 4.69) is 41.0 Å². The average molecular weight is 513 g/mol. The summed E-state index contributed by atoms with van der Waals surface area (Å²) in [7, 11) is 0. The predicted molar refractivity (Wildman–Crippen MR) is 159 cm³/mol. The van der Waals surface area contributed by atoms with Crippen molar-refractivity contribution in [2.45, 2.75) is 0 Å². The molecule has 0 aliphatic heterocycles. The van der Waals surface area contributed by atoms with Gasteiger partial charge in [0.2, 0.25) is 0 Å². The molecule has 186 valence electrons. The summed E-state index contributed by atoms with van der Waals surface area (Å²) >= 11 is 0. The third-order valence-corrected chi connectivity index (χ3v) is 7.47. The number of hydrogen-bond acceptors (Lipinski definition) is 4. The van der Waals surface area contributed by atoms with Crippen molar-refractivity contribution in [2.24, 2.45) is 0 Å². The minimum Gasteiger partial charge on any atom is -0.455 e. The van der Waals surface area contributed by atoms with Crippen LogP contribution in [0.15, 0.2) is 126 Å². The van der Waals surface area contributed by atoms with Crippen LogP contribution in [0.5, 0.6) is 0 Å². The maximum Gasteiger partial charge on any atom is 0.162 e. The third-order valence-electron chi connectivity index (χ3n) is 7.47. The van der Waals surface area contributed by atoms with Crippen LogP contribution in [0, 0.1) is 11.3 Å². The van der Waals surface area contributed by atoms with E-state index in [1.807, 2.05) is 91.0 Å². The second-order valence-electron chi connectivity index (χ2n) is 9.73. The molecule has 0 radical (unpaired) electrons. The van der Waals surface area contributed by atoms with E-state index in [4.69, 9.17) is 14.4 Å². The number of rotatable bonds is 3. The lowest BCUT2D eigenvalue weighted by Crippen LogP contribution is -2.07. The smallest absolute Gasteiger partial charge is 0.162 e. The van der Waals surface area contributed by atoms with Crippen molar-refractivity contribution >= 4 is 43.7 Å². The average Bonchev–Trinajstić information content (AvgIpc) is 3.57. The van der Waals surface area contributed by atoms with Crippen molar-refractivity contribution in [3.63, 3.8) is 0 Å². The van der Waals surface area contributed by atoms with Gasteiger partial charge in [-0.2, -0.15) is 5.26 Å². The summed E-state index contributed by atoms with van der Waals surface area (Å²) in [5.41, 5.74) is 6.29. The summed E-state index contributed by atoms with van der Waals surface area (Å²) < 4.78 is 8.53. The maximum atomic E-state index is 10.6. The Bertz CT molecular complexity index is 2270. The fourth-order valence-electron chi connectivity index (χ4n) is 5.70. The molecule has 0 atom stereocenters. The molecule has 3 heterocycles. The fourth-order valence-corrected chi connectivity index (χ4v) is 5.70. The topological polar surface area (TPSA) is 67.6 Å². The van der Waals surface area contributed by atoms with Crippen molar-refractivity contribution in [1.29, 1.82) is 5.26 Å². The van der Waals surface area contributed by atoms with Gasteiger partial charge >= 0.3 is 0 Å². The van der Waals surface area contributed by atoms with Crippen molar-refractivity contribution < 1.29 is 4.42 Å². The Morgan fingerprint density at radius 1 is 0.600 bits per heavy atom. The van der Waals surface area contributed by atoms with Crippen LogP contribution in [0.25, 0.3) is 72.2 Å². The van der Waals surface area contributed by atoms with E-state index in [1.54, 1.807) is 0 Å². The highest BCUT2D eigenvalue weighted by Gasteiger charge is 2.24. The number of benzene rings is 5. The first-order valence-electron chi connectivity index (χ1n) is 13.1. The Labute approximate surface area is 229 Å². The first-order chi connectivity index (χ1) is 19.8. The van der Waals surface area contributed by atoms with Gasteiger partial charge in [-0.05, 0) is 24.3 Å². The minimum atomic E-state index is 0.415. The number of fused-ring (bicyclic) bond motifs is 7. The highest BCUT2D eigenvalue weighted by atomic mass is 16.3. The van der Waals surface area contributed by atoms with Gasteiger partial charge in [0, 0.05) is 27.3 Å². The number of nitriles is 1. The van der Waals surface area contributed by atoms with Crippen LogP contribution in [0.1, 0.15) is 5.56 Å². The van der Waals surface area contributed by atoms with Gasteiger partial charge in [0.1, 0.15) is 22.8 Å². The number of nitrogens with zero attached hydrogens (tertiary/aromatic N) is 4. The Balaban J connectivity index is 1.54. The van der Waals surface area contributed by atoms with Crippen molar-refractivity contribution in [3.8, 4) is 34.5 Å². The number of para-hydroxylation sites is 2. The summed E-state index contributed by atoms with van der Waals surface area (Å²) in [6.07, 6.45) is 0. The van der Waals surface area contributed by atoms with Gasteiger partial charge in [0.15, 0.2) is 11.6 Å². The predicted octanol–water partition coefficient (Wildman–Crippen LogP) is 8.68. The van der Waals surface area contributed by atoms with Crippen molar-refractivity contribution in [2.75, 3.05) is 0 Å². The van der Waals surface area contributed by atoms with E-state index >= 15 is 0 Å². The van der Waals surface area contributed by atoms with Crippen molar-refractivity contribution in [3.05, 3.63) is 127 Å². The highest BCUT2D eigenvalue weighted by molar-refractivity contribution is 6.23. The maximum absolute atomic E-state index is 10.6. The van der Waals surface area contributed by atoms with E-state index in [1.165, 1.54) is 0 Å². The number of hydrogen-bond donors (Lipinski definition) is 0. The number of aromatic nitrogens is 3. The second kappa shape index (κ2) is 8.65. The van der Waals surface area contributed by atoms with E-state index < -0.39 is 0 Å². The molecule has 0 fully saturated rings. The summed E-state index contributed by atoms with van der Waals surface area (Å²) in [6.45, 7) is 0. The zero-order valence-electron chi connectivity index (χ0n) is 21.2. The molecule has 0 bridgehead atoms. The van der Waals surface area contributed by atoms with E-state index in [9.17, 15) is 5.26 Å². The van der Waals surface area contributed by atoms with Crippen LogP contribution in [-0.4, -0.2) is 14.5 Å². The molecule has 0 unspecified atom stereocenters. The largest absolute Gasteiger partial charge is 0.455 e. The summed E-state index contributed by atoms with van der Waals surface area (Å²) in [5.74, 6) is 1.10. The van der Waals surface area contributed by atoms with Crippen LogP contribution >= 0.6 is 0 Å². The van der Waals surface area contributed by atoms with Gasteiger partial charge in [-0.3, -0.25) is 4.57 Å². The lowest BCUT2D eigenvalue weighted by atomic mass is 10.1. The van der Waals surface area contributed by atoms with Crippen LogP contribution < -0.4 is 0 Å². The Kier molecular flexibility index (Phi) is 4.82. The second-order valence-corrected chi connectivity index (χ2v) is 9.73. The minimum absolute atomic E-state index is 0.415. The first-order valence-corrected chi connectivity index (χ1v) is 13.1. The SMILES string of the molecule is N#Cc1c(-c2ccccc2)nc(-c2ccccc2)nc1-n1c2ccccc2c2c3oc4ccccc4c3ccc21. The van der Waals surface area contributed by atoms with Gasteiger partial charge in [-0.25, -0.2) is 9.97 Å². The lowest BCUT2D eigenvalue weighted by molar-refractivity contribution is 0.673. The van der Waals surface area contributed by atoms with Gasteiger partial charge in [0.25, 0.3) is 0 Å². The van der Waals surface area contributed by atoms with E-state index in [0.717, 1.165) is 54.9 Å². The van der Waals surface area contributed by atoms with E-state index in [0.29, 0.717) is 22.9 Å². The Morgan fingerprint density at radius 3 is 2.05 bits per heavy atom. The molecule has 0 aliphatic carbocycles. The molecule has 0 spiro atoms. The Morgan fingerprint density at radius 2 is 1.27 bits per heavy atom. The molecule has 8 rings (SSSR count). The Hall–Kier alpha value is -5.73. The fraction of sp³-hybridized carbons (Fsp3) is 0. The van der Waals surface area contributed by atoms with E-state index in [-0.39, 0.29) is 0 Å². The lowest BCUT2D eigenvalue weighted by Gasteiger charge is -2.14. The van der Waals surface area contributed by atoms with Crippen LogP contribution in [0.2, 0.25) is 0 Å². The van der Waals surface area contributed by atoms with Crippen molar-refractivity contribution in [1.82, 2.24) is 14.5 Å². The summed E-state index contributed by atoms with van der Waals surface area (Å²) in [5, 5.41) is 14.7. The monoisotopic (exact) mass is 512 g/mol. The van der Waals surface area contributed by atoms with Gasteiger partial charge in [-0.1, -0.05) is 97.1 Å². The zero-order chi connectivity index (χ0) is 26.6. The normalized spacial score (nSPS) is 11.5. The molecule has 0 aliphatic rings. The molecule has 0 saturated heterocycles. The third kappa shape index (κ3) is 3.20. The zero-order valence-corrected chi connectivity index (χ0v) is 21.2.